The number of nitrogens with two attached hydrogens (primary N) is 1. The number of anilines is 2. The Morgan fingerprint density at radius 3 is 2.63 bits per heavy atom. The smallest absolute Gasteiger partial charge is 0.322 e. The molecular weight excluding hydrogens is 410 g/mol. The minimum Gasteiger partial charge on any atom is -0.495 e. The molecule has 4 amide bonds. The van der Waals surface area contributed by atoms with E-state index in [9.17, 15) is 14.4 Å². The zero-order valence-corrected chi connectivity index (χ0v) is 17.3. The summed E-state index contributed by atoms with van der Waals surface area (Å²) in [5, 5.41) is 8.17. The van der Waals surface area contributed by atoms with Gasteiger partial charge in [0.05, 0.1) is 24.0 Å². The van der Waals surface area contributed by atoms with Crippen molar-refractivity contribution >= 4 is 41.6 Å². The minimum atomic E-state index is -0.410. The Morgan fingerprint density at radius 2 is 1.97 bits per heavy atom. The maximum Gasteiger partial charge on any atom is 0.322 e. The van der Waals surface area contributed by atoms with Crippen LogP contribution in [0.15, 0.2) is 42.5 Å². The molecule has 0 saturated carbocycles. The van der Waals surface area contributed by atoms with Gasteiger partial charge in [-0.25, -0.2) is 4.79 Å². The summed E-state index contributed by atoms with van der Waals surface area (Å²) >= 11 is 0. The van der Waals surface area contributed by atoms with Crippen LogP contribution in [0.4, 0.5) is 16.2 Å². The monoisotopic (exact) mass is 433 g/mol. The number of urea groups is 1. The first-order valence-electron chi connectivity index (χ1n) is 9.17. The number of rotatable bonds is 7. The normalized spacial score (nSPS) is 12.6. The molecular formula is C20H24ClN5O4. The first kappa shape index (κ1) is 23.0. The first-order chi connectivity index (χ1) is 14.0. The number of carbonyl (C=O) groups excluding carboxylic acids is 3. The first-order valence-corrected chi connectivity index (χ1v) is 9.17. The molecule has 160 valence electrons. The van der Waals surface area contributed by atoms with Crippen molar-refractivity contribution in [2.45, 2.75) is 0 Å². The summed E-state index contributed by atoms with van der Waals surface area (Å²) in [6.45, 7) is 1.65. The zero-order valence-electron chi connectivity index (χ0n) is 16.4. The fourth-order valence-corrected chi connectivity index (χ4v) is 3.01. The molecule has 3 rings (SSSR count). The van der Waals surface area contributed by atoms with E-state index in [0.29, 0.717) is 54.4 Å². The van der Waals surface area contributed by atoms with Crippen LogP contribution in [-0.2, 0) is 0 Å². The van der Waals surface area contributed by atoms with Gasteiger partial charge in [-0.1, -0.05) is 12.1 Å². The molecule has 0 spiro atoms. The highest BCUT2D eigenvalue weighted by atomic mass is 35.5. The van der Waals surface area contributed by atoms with Gasteiger partial charge in [0.2, 0.25) is 0 Å². The van der Waals surface area contributed by atoms with E-state index in [2.05, 4.69) is 16.0 Å². The Hall–Kier alpha value is -3.30. The third-order valence-corrected chi connectivity index (χ3v) is 4.44. The van der Waals surface area contributed by atoms with Gasteiger partial charge in [-0.2, -0.15) is 0 Å². The summed E-state index contributed by atoms with van der Waals surface area (Å²) in [4.78, 5) is 38.7. The number of hydrogen-bond acceptors (Lipinski definition) is 5. The van der Waals surface area contributed by atoms with Crippen molar-refractivity contribution in [2.24, 2.45) is 5.73 Å². The Bertz CT molecular complexity index is 937. The van der Waals surface area contributed by atoms with Gasteiger partial charge in [0.1, 0.15) is 5.75 Å². The SMILES string of the molecule is COc1ccc(C(=O)Nc2ccccc2C(=O)NCCN)cc1N1CCNC1=O.Cl. The largest absolute Gasteiger partial charge is 0.495 e. The van der Waals surface area contributed by atoms with Crippen LogP contribution in [0.25, 0.3) is 0 Å². The fourth-order valence-electron chi connectivity index (χ4n) is 3.01. The predicted molar refractivity (Wildman–Crippen MR) is 117 cm³/mol. The average Bonchev–Trinajstić information content (AvgIpc) is 3.17. The number of ether oxygens (including phenoxy) is 1. The molecule has 9 nitrogen and oxygen atoms in total. The second-order valence-electron chi connectivity index (χ2n) is 6.31. The second-order valence-corrected chi connectivity index (χ2v) is 6.31. The van der Waals surface area contributed by atoms with Crippen molar-refractivity contribution in [3.63, 3.8) is 0 Å². The molecule has 1 heterocycles. The standard InChI is InChI=1S/C20H23N5O4.ClH/c1-29-17-7-6-13(12-16(17)25-11-10-23-20(25)28)18(26)24-15-5-3-2-4-14(15)19(27)22-9-8-21;/h2-7,12H,8-11,21H2,1H3,(H,22,27)(H,23,28)(H,24,26);1H. The Morgan fingerprint density at radius 1 is 1.20 bits per heavy atom. The number of halogens is 1. The van der Waals surface area contributed by atoms with Gasteiger partial charge in [0.15, 0.2) is 0 Å². The summed E-state index contributed by atoms with van der Waals surface area (Å²) in [6, 6.07) is 11.3. The fraction of sp³-hybridized carbons (Fsp3) is 0.250. The number of para-hydroxylation sites is 1. The molecule has 2 aromatic rings. The molecule has 1 aliphatic heterocycles. The molecule has 0 unspecified atom stereocenters. The Kier molecular flexibility index (Phi) is 8.02. The van der Waals surface area contributed by atoms with Crippen LogP contribution in [0.5, 0.6) is 5.75 Å². The third-order valence-electron chi connectivity index (χ3n) is 4.44. The molecule has 10 heteroatoms. The molecule has 1 saturated heterocycles. The van der Waals surface area contributed by atoms with Gasteiger partial charge in [-0.15, -0.1) is 12.4 Å². The second kappa shape index (κ2) is 10.5. The van der Waals surface area contributed by atoms with Gasteiger partial charge >= 0.3 is 6.03 Å². The van der Waals surface area contributed by atoms with E-state index in [0.717, 1.165) is 0 Å². The van der Waals surface area contributed by atoms with Crippen LogP contribution >= 0.6 is 12.4 Å². The van der Waals surface area contributed by atoms with Gasteiger partial charge in [-0.05, 0) is 30.3 Å². The molecule has 5 N–H and O–H groups in total. The van der Waals surface area contributed by atoms with E-state index in [1.54, 1.807) is 42.5 Å². The number of nitrogens with one attached hydrogen (secondary N) is 3. The lowest BCUT2D eigenvalue weighted by atomic mass is 10.1. The van der Waals surface area contributed by atoms with Crippen molar-refractivity contribution in [3.05, 3.63) is 53.6 Å². The van der Waals surface area contributed by atoms with E-state index in [4.69, 9.17) is 10.5 Å². The lowest BCUT2D eigenvalue weighted by Gasteiger charge is -2.19. The van der Waals surface area contributed by atoms with E-state index in [-0.39, 0.29) is 24.3 Å². The maximum atomic E-state index is 12.8. The molecule has 1 aliphatic rings. The Balaban J connectivity index is 0.00000320. The van der Waals surface area contributed by atoms with Crippen LogP contribution < -0.4 is 31.3 Å². The number of hydrogen-bond donors (Lipinski definition) is 4. The highest BCUT2D eigenvalue weighted by molar-refractivity contribution is 6.10. The molecule has 0 aliphatic carbocycles. The molecule has 1 fully saturated rings. The van der Waals surface area contributed by atoms with Crippen molar-refractivity contribution in [1.82, 2.24) is 10.6 Å². The molecule has 0 radical (unpaired) electrons. The minimum absolute atomic E-state index is 0. The molecule has 0 bridgehead atoms. The summed E-state index contributed by atoms with van der Waals surface area (Å²) in [7, 11) is 1.50. The summed E-state index contributed by atoms with van der Waals surface area (Å²) in [5.74, 6) is -0.247. The lowest BCUT2D eigenvalue weighted by Crippen LogP contribution is -2.30. The van der Waals surface area contributed by atoms with Crippen molar-refractivity contribution < 1.29 is 19.1 Å². The topological polar surface area (TPSA) is 126 Å². The lowest BCUT2D eigenvalue weighted by molar-refractivity contribution is 0.0955. The van der Waals surface area contributed by atoms with E-state index >= 15 is 0 Å². The highest BCUT2D eigenvalue weighted by Crippen LogP contribution is 2.31. The number of methoxy groups -OCH3 is 1. The van der Waals surface area contributed by atoms with E-state index in [1.807, 2.05) is 0 Å². The molecule has 0 aromatic heterocycles. The van der Waals surface area contributed by atoms with Crippen molar-refractivity contribution in [2.75, 3.05) is 43.5 Å². The number of carbonyl (C=O) groups is 3. The molecule has 0 atom stereocenters. The van der Waals surface area contributed by atoms with Gasteiger partial charge in [0.25, 0.3) is 11.8 Å². The maximum absolute atomic E-state index is 12.8. The van der Waals surface area contributed by atoms with Crippen LogP contribution in [-0.4, -0.2) is 51.1 Å². The highest BCUT2D eigenvalue weighted by Gasteiger charge is 2.25. The van der Waals surface area contributed by atoms with Gasteiger partial charge in [0, 0.05) is 31.7 Å². The van der Waals surface area contributed by atoms with Crippen LogP contribution in [0.2, 0.25) is 0 Å². The van der Waals surface area contributed by atoms with Crippen LogP contribution in [0, 0.1) is 0 Å². The summed E-state index contributed by atoms with van der Waals surface area (Å²) < 4.78 is 5.33. The summed E-state index contributed by atoms with van der Waals surface area (Å²) in [6.07, 6.45) is 0. The van der Waals surface area contributed by atoms with Gasteiger partial charge < -0.3 is 26.4 Å². The zero-order chi connectivity index (χ0) is 20.8. The van der Waals surface area contributed by atoms with E-state index < -0.39 is 5.91 Å². The number of nitrogens with zero attached hydrogens (tertiary/aromatic N) is 1. The predicted octanol–water partition coefficient (Wildman–Crippen LogP) is 1.59. The quantitative estimate of drug-likeness (QED) is 0.527. The molecule has 2 aromatic carbocycles. The van der Waals surface area contributed by atoms with Crippen LogP contribution in [0.1, 0.15) is 20.7 Å². The number of benzene rings is 2. The average molecular weight is 434 g/mol. The Labute approximate surface area is 180 Å². The molecule has 30 heavy (non-hydrogen) atoms. The van der Waals surface area contributed by atoms with Crippen LogP contribution in [0.3, 0.4) is 0 Å². The van der Waals surface area contributed by atoms with Crippen molar-refractivity contribution in [1.29, 1.82) is 0 Å². The summed E-state index contributed by atoms with van der Waals surface area (Å²) in [5.41, 5.74) is 6.97. The third kappa shape index (κ3) is 5.00. The van der Waals surface area contributed by atoms with Crippen molar-refractivity contribution in [3.8, 4) is 5.75 Å². The number of amides is 4. The van der Waals surface area contributed by atoms with E-state index in [1.165, 1.54) is 12.0 Å². The van der Waals surface area contributed by atoms with Gasteiger partial charge in [-0.3, -0.25) is 14.5 Å².